The molecule has 5 heteroatoms. The fourth-order valence-electron chi connectivity index (χ4n) is 1.98. The number of aryl methyl sites for hydroxylation is 1. The van der Waals surface area contributed by atoms with Crippen LogP contribution >= 0.6 is 0 Å². The molecule has 2 rings (SSSR count). The van der Waals surface area contributed by atoms with Crippen molar-refractivity contribution in [2.75, 3.05) is 31.3 Å². The summed E-state index contributed by atoms with van der Waals surface area (Å²) in [6, 6.07) is 13.2. The monoisotopic (exact) mass is 299 g/mol. The van der Waals surface area contributed by atoms with Gasteiger partial charge in [0.05, 0.1) is 18.0 Å². The second-order valence-corrected chi connectivity index (χ2v) is 5.04. The Morgan fingerprint density at radius 2 is 1.91 bits per heavy atom. The van der Waals surface area contributed by atoms with E-state index in [9.17, 15) is 4.79 Å². The summed E-state index contributed by atoms with van der Waals surface area (Å²) in [7, 11) is 1.59. The summed E-state index contributed by atoms with van der Waals surface area (Å²) in [5.74, 6) is -0.161. The molecule has 0 spiro atoms. The maximum Gasteiger partial charge on any atom is 0.251 e. The van der Waals surface area contributed by atoms with Crippen molar-refractivity contribution in [1.82, 2.24) is 5.32 Å². The lowest BCUT2D eigenvalue weighted by molar-refractivity contribution is 0.0937. The number of carbonyl (C=O) groups is 1. The van der Waals surface area contributed by atoms with Gasteiger partial charge in [-0.25, -0.2) is 0 Å². The molecule has 0 unspecified atom stereocenters. The van der Waals surface area contributed by atoms with Gasteiger partial charge in [-0.2, -0.15) is 0 Å². The number of anilines is 3. The quantitative estimate of drug-likeness (QED) is 0.566. The summed E-state index contributed by atoms with van der Waals surface area (Å²) in [6.07, 6.45) is 0. The average Bonchev–Trinajstić information content (AvgIpc) is 2.51. The van der Waals surface area contributed by atoms with E-state index in [4.69, 9.17) is 10.5 Å². The van der Waals surface area contributed by atoms with Crippen LogP contribution in [0.5, 0.6) is 0 Å². The number of amides is 1. The maximum absolute atomic E-state index is 11.9. The normalized spacial score (nSPS) is 10.3. The molecule has 5 nitrogen and oxygen atoms in total. The molecule has 0 saturated heterocycles. The molecule has 0 aliphatic rings. The van der Waals surface area contributed by atoms with Gasteiger partial charge in [0.2, 0.25) is 0 Å². The van der Waals surface area contributed by atoms with E-state index in [1.54, 1.807) is 25.3 Å². The second kappa shape index (κ2) is 7.47. The number of hydrogen-bond acceptors (Lipinski definition) is 4. The Bertz CT molecular complexity index is 639. The number of benzene rings is 2. The van der Waals surface area contributed by atoms with Crippen LogP contribution < -0.4 is 16.4 Å². The molecule has 0 fully saturated rings. The lowest BCUT2D eigenvalue weighted by atomic mass is 10.1. The number of nitrogens with one attached hydrogen (secondary N) is 2. The van der Waals surface area contributed by atoms with Crippen molar-refractivity contribution in [1.29, 1.82) is 0 Å². The van der Waals surface area contributed by atoms with Gasteiger partial charge in [0, 0.05) is 24.9 Å². The van der Waals surface area contributed by atoms with Gasteiger partial charge in [0.25, 0.3) is 5.91 Å². The standard InChI is InChI=1S/C17H21N3O2/c1-12-3-6-14(7-4-12)20-16-8-5-13(11-15(16)18)17(21)19-9-10-22-2/h3-8,11,20H,9-10,18H2,1-2H3,(H,19,21). The van der Waals surface area contributed by atoms with Gasteiger partial charge in [0.15, 0.2) is 0 Å². The van der Waals surface area contributed by atoms with E-state index >= 15 is 0 Å². The highest BCUT2D eigenvalue weighted by Crippen LogP contribution is 2.24. The van der Waals surface area contributed by atoms with Crippen LogP contribution in [0.2, 0.25) is 0 Å². The highest BCUT2D eigenvalue weighted by Gasteiger charge is 2.08. The second-order valence-electron chi connectivity index (χ2n) is 5.04. The Hall–Kier alpha value is -2.53. The first-order valence-electron chi connectivity index (χ1n) is 7.10. The van der Waals surface area contributed by atoms with Crippen LogP contribution in [0.4, 0.5) is 17.1 Å². The molecule has 1 amide bonds. The van der Waals surface area contributed by atoms with E-state index in [2.05, 4.69) is 10.6 Å². The number of nitrogen functional groups attached to an aromatic ring is 1. The SMILES string of the molecule is COCCNC(=O)c1ccc(Nc2ccc(C)cc2)c(N)c1. The first kappa shape index (κ1) is 15.9. The van der Waals surface area contributed by atoms with E-state index in [1.165, 1.54) is 5.56 Å². The van der Waals surface area contributed by atoms with Crippen LogP contribution in [0.15, 0.2) is 42.5 Å². The highest BCUT2D eigenvalue weighted by atomic mass is 16.5. The van der Waals surface area contributed by atoms with E-state index < -0.39 is 0 Å². The molecule has 0 radical (unpaired) electrons. The molecule has 0 atom stereocenters. The van der Waals surface area contributed by atoms with Gasteiger partial charge in [-0.1, -0.05) is 17.7 Å². The topological polar surface area (TPSA) is 76.4 Å². The average molecular weight is 299 g/mol. The van der Waals surface area contributed by atoms with Crippen molar-refractivity contribution in [2.24, 2.45) is 0 Å². The Balaban J connectivity index is 2.06. The molecular formula is C17H21N3O2. The fraction of sp³-hybridized carbons (Fsp3) is 0.235. The van der Waals surface area contributed by atoms with E-state index in [0.29, 0.717) is 24.4 Å². The molecule has 0 aliphatic carbocycles. The predicted octanol–water partition coefficient (Wildman–Crippen LogP) is 2.70. The fourth-order valence-corrected chi connectivity index (χ4v) is 1.98. The number of carbonyl (C=O) groups excluding carboxylic acids is 1. The van der Waals surface area contributed by atoms with Crippen molar-refractivity contribution in [3.8, 4) is 0 Å². The number of methoxy groups -OCH3 is 1. The first-order valence-corrected chi connectivity index (χ1v) is 7.10. The Morgan fingerprint density at radius 3 is 2.55 bits per heavy atom. The summed E-state index contributed by atoms with van der Waals surface area (Å²) in [6.45, 7) is 2.99. The molecule has 0 aliphatic heterocycles. The van der Waals surface area contributed by atoms with E-state index in [0.717, 1.165) is 11.4 Å². The van der Waals surface area contributed by atoms with Crippen molar-refractivity contribution in [3.63, 3.8) is 0 Å². The molecule has 0 bridgehead atoms. The third-order valence-corrected chi connectivity index (χ3v) is 3.24. The third-order valence-electron chi connectivity index (χ3n) is 3.24. The van der Waals surface area contributed by atoms with E-state index in [1.807, 2.05) is 31.2 Å². The number of hydrogen-bond donors (Lipinski definition) is 3. The summed E-state index contributed by atoms with van der Waals surface area (Å²) in [5.41, 5.74) is 10.0. The van der Waals surface area contributed by atoms with Gasteiger partial charge in [-0.05, 0) is 37.3 Å². The largest absolute Gasteiger partial charge is 0.397 e. The third kappa shape index (κ3) is 4.23. The zero-order valence-electron chi connectivity index (χ0n) is 12.8. The number of ether oxygens (including phenoxy) is 1. The molecule has 116 valence electrons. The zero-order valence-corrected chi connectivity index (χ0v) is 12.8. The van der Waals surface area contributed by atoms with Crippen molar-refractivity contribution in [3.05, 3.63) is 53.6 Å². The molecule has 4 N–H and O–H groups in total. The van der Waals surface area contributed by atoms with Gasteiger partial charge in [-0.15, -0.1) is 0 Å². The van der Waals surface area contributed by atoms with Crippen LogP contribution in [0, 0.1) is 6.92 Å². The Labute approximate surface area is 130 Å². The summed E-state index contributed by atoms with van der Waals surface area (Å²) < 4.78 is 4.90. The van der Waals surface area contributed by atoms with Gasteiger partial charge < -0.3 is 21.1 Å². The smallest absolute Gasteiger partial charge is 0.251 e. The van der Waals surface area contributed by atoms with Crippen molar-refractivity contribution < 1.29 is 9.53 Å². The van der Waals surface area contributed by atoms with Crippen molar-refractivity contribution in [2.45, 2.75) is 6.92 Å². The van der Waals surface area contributed by atoms with Gasteiger partial charge in [-0.3, -0.25) is 4.79 Å². The zero-order chi connectivity index (χ0) is 15.9. The van der Waals surface area contributed by atoms with Gasteiger partial charge in [0.1, 0.15) is 0 Å². The van der Waals surface area contributed by atoms with Crippen LogP contribution in [-0.2, 0) is 4.74 Å². The Morgan fingerprint density at radius 1 is 1.18 bits per heavy atom. The van der Waals surface area contributed by atoms with Gasteiger partial charge >= 0.3 is 0 Å². The minimum atomic E-state index is -0.161. The summed E-state index contributed by atoms with van der Waals surface area (Å²) in [5, 5.41) is 6.00. The lowest BCUT2D eigenvalue weighted by Crippen LogP contribution is -2.27. The van der Waals surface area contributed by atoms with Crippen LogP contribution in [0.3, 0.4) is 0 Å². The van der Waals surface area contributed by atoms with Crippen molar-refractivity contribution >= 4 is 23.0 Å². The lowest BCUT2D eigenvalue weighted by Gasteiger charge is -2.11. The minimum absolute atomic E-state index is 0.161. The molecule has 2 aromatic carbocycles. The number of nitrogens with two attached hydrogens (primary N) is 1. The van der Waals surface area contributed by atoms with E-state index in [-0.39, 0.29) is 5.91 Å². The van der Waals surface area contributed by atoms with Crippen LogP contribution in [0.25, 0.3) is 0 Å². The predicted molar refractivity (Wildman–Crippen MR) is 89.5 cm³/mol. The highest BCUT2D eigenvalue weighted by molar-refractivity contribution is 5.96. The number of rotatable bonds is 6. The van der Waals surface area contributed by atoms with Crippen LogP contribution in [0.1, 0.15) is 15.9 Å². The Kier molecular flexibility index (Phi) is 5.38. The molecular weight excluding hydrogens is 278 g/mol. The molecule has 0 heterocycles. The summed E-state index contributed by atoms with van der Waals surface area (Å²) >= 11 is 0. The van der Waals surface area contributed by atoms with Crippen LogP contribution in [-0.4, -0.2) is 26.2 Å². The summed E-state index contributed by atoms with van der Waals surface area (Å²) in [4.78, 5) is 11.9. The minimum Gasteiger partial charge on any atom is -0.397 e. The molecule has 22 heavy (non-hydrogen) atoms. The molecule has 2 aromatic rings. The molecule has 0 saturated carbocycles. The maximum atomic E-state index is 11.9. The molecule has 0 aromatic heterocycles. The first-order chi connectivity index (χ1) is 10.6.